The number of ketones is 1. The lowest BCUT2D eigenvalue weighted by molar-refractivity contribution is 0.104. The number of anilines is 1. The van der Waals surface area contributed by atoms with E-state index in [1.165, 1.54) is 10.4 Å². The van der Waals surface area contributed by atoms with Gasteiger partial charge in [0.2, 0.25) is 15.8 Å². The van der Waals surface area contributed by atoms with Crippen LogP contribution in [0.5, 0.6) is 0 Å². The summed E-state index contributed by atoms with van der Waals surface area (Å²) in [6.07, 6.45) is 4.89. The summed E-state index contributed by atoms with van der Waals surface area (Å²) in [5, 5.41) is 0. The van der Waals surface area contributed by atoms with Gasteiger partial charge in [-0.1, -0.05) is 36.4 Å². The van der Waals surface area contributed by atoms with E-state index in [9.17, 15) is 13.2 Å². The summed E-state index contributed by atoms with van der Waals surface area (Å²) in [7, 11) is -3.18. The molecule has 0 amide bonds. The molecule has 1 aliphatic rings. The molecule has 3 rings (SSSR count). The number of aromatic nitrogens is 2. The van der Waals surface area contributed by atoms with Gasteiger partial charge in [0, 0.05) is 26.2 Å². The Labute approximate surface area is 165 Å². The van der Waals surface area contributed by atoms with Crippen molar-refractivity contribution in [2.24, 2.45) is 0 Å². The van der Waals surface area contributed by atoms with Crippen molar-refractivity contribution in [3.63, 3.8) is 0 Å². The van der Waals surface area contributed by atoms with Crippen molar-refractivity contribution in [1.29, 1.82) is 0 Å². The number of aryl methyl sites for hydroxylation is 1. The zero-order chi connectivity index (χ0) is 20.1. The second-order valence-corrected chi connectivity index (χ2v) is 8.81. The van der Waals surface area contributed by atoms with Crippen LogP contribution < -0.4 is 4.90 Å². The highest BCUT2D eigenvalue weighted by molar-refractivity contribution is 7.89. The maximum Gasteiger partial charge on any atom is 0.213 e. The molecule has 1 aliphatic heterocycles. The third-order valence-corrected chi connectivity index (χ3v) is 6.61. The number of allylic oxidation sites excluding steroid dienone is 1. The molecule has 0 bridgehead atoms. The number of hydrogen-bond acceptors (Lipinski definition) is 6. The lowest BCUT2D eigenvalue weighted by Gasteiger charge is -2.34. The molecule has 0 spiro atoms. The van der Waals surface area contributed by atoms with Gasteiger partial charge in [-0.2, -0.15) is 4.31 Å². The van der Waals surface area contributed by atoms with Gasteiger partial charge >= 0.3 is 0 Å². The van der Waals surface area contributed by atoms with Gasteiger partial charge in [-0.05, 0) is 25.5 Å². The highest BCUT2D eigenvalue weighted by atomic mass is 32.2. The highest BCUT2D eigenvalue weighted by Gasteiger charge is 2.26. The molecule has 1 aromatic heterocycles. The third-order valence-electron chi connectivity index (χ3n) is 4.72. The molecule has 0 N–H and O–H groups in total. The lowest BCUT2D eigenvalue weighted by atomic mass is 10.1. The van der Waals surface area contributed by atoms with Gasteiger partial charge in [-0.3, -0.25) is 9.78 Å². The number of carbonyl (C=O) groups excluding carboxylic acids is 1. The minimum atomic E-state index is -3.18. The van der Waals surface area contributed by atoms with E-state index in [0.717, 1.165) is 5.56 Å². The molecule has 0 atom stereocenters. The normalized spacial score (nSPS) is 15.9. The fourth-order valence-electron chi connectivity index (χ4n) is 3.02. The molecular formula is C20H24N4O3S. The molecule has 0 radical (unpaired) electrons. The van der Waals surface area contributed by atoms with Gasteiger partial charge in [0.1, 0.15) is 11.5 Å². The van der Waals surface area contributed by atoms with Gasteiger partial charge in [0.05, 0.1) is 17.6 Å². The van der Waals surface area contributed by atoms with Crippen molar-refractivity contribution < 1.29 is 13.2 Å². The average Bonchev–Trinajstić information content (AvgIpc) is 2.73. The van der Waals surface area contributed by atoms with Crippen molar-refractivity contribution in [2.75, 3.05) is 36.8 Å². The fraction of sp³-hybridized carbons (Fsp3) is 0.350. The maximum absolute atomic E-state index is 12.6. The van der Waals surface area contributed by atoms with Crippen LogP contribution in [0.4, 0.5) is 5.82 Å². The van der Waals surface area contributed by atoms with Crippen LogP contribution >= 0.6 is 0 Å². The third kappa shape index (κ3) is 4.63. The molecule has 1 aromatic carbocycles. The Morgan fingerprint density at radius 1 is 1.14 bits per heavy atom. The Kier molecular flexibility index (Phi) is 6.21. The highest BCUT2D eigenvalue weighted by Crippen LogP contribution is 2.17. The van der Waals surface area contributed by atoms with E-state index in [-0.39, 0.29) is 11.5 Å². The van der Waals surface area contributed by atoms with E-state index < -0.39 is 10.0 Å². The van der Waals surface area contributed by atoms with Crippen LogP contribution in [0, 0.1) is 6.92 Å². The second kappa shape index (κ2) is 8.62. The second-order valence-electron chi connectivity index (χ2n) is 6.56. The van der Waals surface area contributed by atoms with Crippen LogP contribution in [-0.4, -0.2) is 60.4 Å². The average molecular weight is 401 g/mol. The molecule has 1 fully saturated rings. The minimum Gasteiger partial charge on any atom is -0.353 e. The number of piperazine rings is 1. The topological polar surface area (TPSA) is 83.5 Å². The standard InChI is InChI=1S/C20H24N4O3S/c1-3-28(26,27)24-13-11-23(12-14-24)19-15-21-16(2)20(22-19)18(25)10-9-17-7-5-4-6-8-17/h4-10,15H,3,11-14H2,1-2H3/b10-9+. The zero-order valence-electron chi connectivity index (χ0n) is 16.1. The molecule has 2 heterocycles. The van der Waals surface area contributed by atoms with Crippen LogP contribution in [0.2, 0.25) is 0 Å². The first-order valence-electron chi connectivity index (χ1n) is 9.24. The van der Waals surface area contributed by atoms with E-state index in [4.69, 9.17) is 0 Å². The molecule has 0 saturated carbocycles. The Morgan fingerprint density at radius 2 is 1.82 bits per heavy atom. The smallest absolute Gasteiger partial charge is 0.213 e. The Morgan fingerprint density at radius 3 is 2.46 bits per heavy atom. The first-order chi connectivity index (χ1) is 13.4. The SMILES string of the molecule is CCS(=O)(=O)N1CCN(c2cnc(C)c(C(=O)/C=C/c3ccccc3)n2)CC1. The van der Waals surface area contributed by atoms with Crippen molar-refractivity contribution >= 4 is 27.7 Å². The van der Waals surface area contributed by atoms with E-state index >= 15 is 0 Å². The number of carbonyl (C=O) groups is 1. The van der Waals surface area contributed by atoms with Crippen LogP contribution in [-0.2, 0) is 10.0 Å². The minimum absolute atomic E-state index is 0.101. The molecule has 0 unspecified atom stereocenters. The van der Waals surface area contributed by atoms with Gasteiger partial charge in [-0.15, -0.1) is 0 Å². The largest absolute Gasteiger partial charge is 0.353 e. The van der Waals surface area contributed by atoms with Crippen LogP contribution in [0.3, 0.4) is 0 Å². The molecule has 0 aliphatic carbocycles. The van der Waals surface area contributed by atoms with Gasteiger partial charge in [0.25, 0.3) is 0 Å². The van der Waals surface area contributed by atoms with E-state index in [1.807, 2.05) is 35.2 Å². The van der Waals surface area contributed by atoms with Crippen molar-refractivity contribution in [3.8, 4) is 0 Å². The Balaban J connectivity index is 1.73. The van der Waals surface area contributed by atoms with Crippen LogP contribution in [0.1, 0.15) is 28.7 Å². The molecular weight excluding hydrogens is 376 g/mol. The van der Waals surface area contributed by atoms with Crippen molar-refractivity contribution in [2.45, 2.75) is 13.8 Å². The molecule has 1 saturated heterocycles. The van der Waals surface area contributed by atoms with Crippen molar-refractivity contribution in [3.05, 3.63) is 59.6 Å². The maximum atomic E-state index is 12.6. The summed E-state index contributed by atoms with van der Waals surface area (Å²) in [6.45, 7) is 5.25. The number of nitrogens with zero attached hydrogens (tertiary/aromatic N) is 4. The van der Waals surface area contributed by atoms with E-state index in [0.29, 0.717) is 43.4 Å². The quantitative estimate of drug-likeness (QED) is 0.546. The monoisotopic (exact) mass is 400 g/mol. The van der Waals surface area contributed by atoms with E-state index in [2.05, 4.69) is 9.97 Å². The predicted octanol–water partition coefficient (Wildman–Crippen LogP) is 2.15. The molecule has 148 valence electrons. The summed E-state index contributed by atoms with van der Waals surface area (Å²) in [6, 6.07) is 9.58. The van der Waals surface area contributed by atoms with E-state index in [1.54, 1.807) is 26.1 Å². The first-order valence-corrected chi connectivity index (χ1v) is 10.9. The molecule has 8 heteroatoms. The fourth-order valence-corrected chi connectivity index (χ4v) is 4.10. The number of hydrogen-bond donors (Lipinski definition) is 0. The molecule has 28 heavy (non-hydrogen) atoms. The summed E-state index contributed by atoms with van der Waals surface area (Å²) >= 11 is 0. The van der Waals surface area contributed by atoms with Crippen LogP contribution in [0.25, 0.3) is 6.08 Å². The first kappa shape index (κ1) is 20.2. The van der Waals surface area contributed by atoms with Gasteiger partial charge in [-0.25, -0.2) is 13.4 Å². The molecule has 2 aromatic rings. The van der Waals surface area contributed by atoms with Crippen molar-refractivity contribution in [1.82, 2.24) is 14.3 Å². The summed E-state index contributed by atoms with van der Waals surface area (Å²) < 4.78 is 25.5. The summed E-state index contributed by atoms with van der Waals surface area (Å²) in [4.78, 5) is 23.4. The number of rotatable bonds is 6. The van der Waals surface area contributed by atoms with Crippen LogP contribution in [0.15, 0.2) is 42.6 Å². The Bertz CT molecular complexity index is 966. The zero-order valence-corrected chi connectivity index (χ0v) is 16.9. The summed E-state index contributed by atoms with van der Waals surface area (Å²) in [5.41, 5.74) is 1.82. The number of sulfonamides is 1. The van der Waals surface area contributed by atoms with Gasteiger partial charge in [0.15, 0.2) is 0 Å². The molecule has 7 nitrogen and oxygen atoms in total. The van der Waals surface area contributed by atoms with Gasteiger partial charge < -0.3 is 4.90 Å². The lowest BCUT2D eigenvalue weighted by Crippen LogP contribution is -2.49. The number of benzene rings is 1. The summed E-state index contributed by atoms with van der Waals surface area (Å²) in [5.74, 6) is 0.488. The Hall–Kier alpha value is -2.58. The predicted molar refractivity (Wildman–Crippen MR) is 110 cm³/mol.